The van der Waals surface area contributed by atoms with Crippen molar-refractivity contribution in [2.24, 2.45) is 0 Å². The van der Waals surface area contributed by atoms with Gasteiger partial charge < -0.3 is 4.74 Å². The fourth-order valence-electron chi connectivity index (χ4n) is 0.771. The molecule has 0 saturated carbocycles. The minimum atomic E-state index is -1.92. The summed E-state index contributed by atoms with van der Waals surface area (Å²) in [5.41, 5.74) is 1.01. The molecule has 0 heterocycles. The molecule has 0 spiro atoms. The van der Waals surface area contributed by atoms with Crippen LogP contribution in [0.25, 0.3) is 0 Å². The number of ether oxygens (including phenoxy) is 1. The fourth-order valence-corrected chi connectivity index (χ4v) is 0.771. The molecule has 78 valence electrons. The average Bonchev–Trinajstić information content (AvgIpc) is 2.55. The van der Waals surface area contributed by atoms with Crippen molar-refractivity contribution in [2.45, 2.75) is 6.42 Å². The first kappa shape index (κ1) is 14.4. The Morgan fingerprint density at radius 3 is 2.50 bits per heavy atom. The van der Waals surface area contributed by atoms with Crippen LogP contribution >= 0.6 is 27.9 Å². The van der Waals surface area contributed by atoms with Gasteiger partial charge in [0.15, 0.2) is 0 Å². The number of esters is 1. The van der Waals surface area contributed by atoms with Crippen LogP contribution in [0.5, 0.6) is 0 Å². The van der Waals surface area contributed by atoms with Crippen LogP contribution in [0.1, 0.15) is 5.56 Å². The number of carbonyl (C=O) groups excluding carboxylic acids is 1. The van der Waals surface area contributed by atoms with Gasteiger partial charge in [-0.25, -0.2) is 12.1 Å². The Labute approximate surface area is 101 Å². The summed E-state index contributed by atoms with van der Waals surface area (Å²) in [7, 11) is 16.3. The van der Waals surface area contributed by atoms with Gasteiger partial charge in [0.05, 0.1) is 7.11 Å². The summed E-state index contributed by atoms with van der Waals surface area (Å²) in [5, 5.41) is 0. The molecule has 0 aliphatic heterocycles. The van der Waals surface area contributed by atoms with E-state index in [1.165, 1.54) is 7.11 Å². The molecule has 0 unspecified atom stereocenters. The normalized spacial score (nSPS) is 8.57. The molecule has 0 bridgehead atoms. The van der Waals surface area contributed by atoms with Crippen LogP contribution in [0.2, 0.25) is 0 Å². The quantitative estimate of drug-likeness (QED) is 0.475. The van der Waals surface area contributed by atoms with Crippen molar-refractivity contribution in [3.8, 4) is 0 Å². The summed E-state index contributed by atoms with van der Waals surface area (Å²) >= 11 is -1.92. The summed E-state index contributed by atoms with van der Waals surface area (Å²) in [6.07, 6.45) is 0.378. The van der Waals surface area contributed by atoms with Crippen molar-refractivity contribution in [1.82, 2.24) is 0 Å². The number of hydrogen-bond acceptors (Lipinski definition) is 2. The number of halogens is 3. The monoisotopic (exact) mass is 290 g/mol. The maximum absolute atomic E-state index is 10.7. The number of methoxy groups -OCH3 is 1. The van der Waals surface area contributed by atoms with Gasteiger partial charge in [0.25, 0.3) is 0 Å². The van der Waals surface area contributed by atoms with Crippen molar-refractivity contribution in [1.29, 1.82) is 0 Å². The van der Waals surface area contributed by atoms with Crippen LogP contribution in [0, 0.1) is 0 Å². The second-order valence-electron chi connectivity index (χ2n) is 2.26. The van der Waals surface area contributed by atoms with Gasteiger partial charge in [-0.1, -0.05) is 0 Å². The minimum absolute atomic E-state index is 0.189. The third-order valence-electron chi connectivity index (χ3n) is 1.31. The van der Waals surface area contributed by atoms with Crippen molar-refractivity contribution in [3.05, 3.63) is 29.8 Å². The Bertz CT molecular complexity index is 246. The standard InChI is InChI=1S/C8H9O2.3ClH.Ti/c1-10-8(9)6-7-4-2-3-5-7;;;;/h2-5H,6H2,1H3;3*1H;/q-1;;;;+4/p-3. The first-order chi connectivity index (χ1) is 6.56. The predicted octanol–water partition coefficient (Wildman–Crippen LogP) is 3.19. The van der Waals surface area contributed by atoms with E-state index in [1.54, 1.807) is 0 Å². The van der Waals surface area contributed by atoms with Gasteiger partial charge in [0.1, 0.15) is 0 Å². The Morgan fingerprint density at radius 1 is 1.57 bits per heavy atom. The Kier molecular flexibility index (Phi) is 8.94. The predicted molar refractivity (Wildman–Crippen MR) is 55.3 cm³/mol. The van der Waals surface area contributed by atoms with E-state index in [4.69, 9.17) is 27.9 Å². The van der Waals surface area contributed by atoms with E-state index in [0.717, 1.165) is 5.56 Å². The van der Waals surface area contributed by atoms with Crippen LogP contribution in [-0.2, 0) is 30.6 Å². The Balaban J connectivity index is 0.000000364. The zero-order valence-electron chi connectivity index (χ0n) is 7.47. The van der Waals surface area contributed by atoms with Gasteiger partial charge in [-0.15, -0.1) is 0 Å². The summed E-state index contributed by atoms with van der Waals surface area (Å²) in [5.74, 6) is -0.189. The first-order valence-corrected chi connectivity index (χ1v) is 10.1. The molecule has 1 aromatic carbocycles. The van der Waals surface area contributed by atoms with Crippen molar-refractivity contribution in [3.63, 3.8) is 0 Å². The van der Waals surface area contributed by atoms with Crippen LogP contribution in [0.3, 0.4) is 0 Å². The maximum atomic E-state index is 10.7. The molecule has 0 aliphatic carbocycles. The molecule has 0 atom stereocenters. The molecule has 0 N–H and O–H groups in total. The third kappa shape index (κ3) is 8.98. The fraction of sp³-hybridized carbons (Fsp3) is 0.250. The van der Waals surface area contributed by atoms with Crippen LogP contribution in [0.4, 0.5) is 0 Å². The zero-order valence-corrected chi connectivity index (χ0v) is 11.3. The Hall–Kier alpha value is 0.404. The van der Waals surface area contributed by atoms with Gasteiger partial charge in [0.2, 0.25) is 0 Å². The first-order valence-electron chi connectivity index (χ1n) is 3.67. The molecule has 1 rings (SSSR count). The molecule has 0 fully saturated rings. The molecule has 0 amide bonds. The summed E-state index contributed by atoms with van der Waals surface area (Å²) in [6.45, 7) is 0. The second kappa shape index (κ2) is 8.69. The molecule has 0 radical (unpaired) electrons. The molecule has 0 aliphatic rings. The van der Waals surface area contributed by atoms with Crippen molar-refractivity contribution >= 4 is 33.9 Å². The number of hydrogen-bond donors (Lipinski definition) is 0. The van der Waals surface area contributed by atoms with Gasteiger partial charge >= 0.3 is 48.6 Å². The average molecular weight is 291 g/mol. The summed E-state index contributed by atoms with van der Waals surface area (Å²) in [4.78, 5) is 10.7. The number of rotatable bonds is 2. The van der Waals surface area contributed by atoms with Crippen molar-refractivity contribution in [2.75, 3.05) is 7.11 Å². The SMILES string of the molecule is COC(=O)Cc1ccc[cH-]1.[Cl][Ti+]([Cl])[Cl]. The van der Waals surface area contributed by atoms with Crippen LogP contribution in [-0.4, -0.2) is 13.1 Å². The molecule has 6 heteroatoms. The van der Waals surface area contributed by atoms with Gasteiger partial charge in [-0.2, -0.15) is 17.7 Å². The molecule has 0 aromatic heterocycles. The van der Waals surface area contributed by atoms with E-state index in [2.05, 4.69) is 4.74 Å². The summed E-state index contributed by atoms with van der Waals surface area (Å²) in [6, 6.07) is 7.60. The van der Waals surface area contributed by atoms with Crippen LogP contribution in [0.15, 0.2) is 24.3 Å². The van der Waals surface area contributed by atoms with Gasteiger partial charge in [-0.3, -0.25) is 4.79 Å². The molecular weight excluding hydrogens is 282 g/mol. The molecule has 14 heavy (non-hydrogen) atoms. The van der Waals surface area contributed by atoms with Gasteiger partial charge in [0, 0.05) is 6.42 Å². The molecule has 1 aromatic rings. The van der Waals surface area contributed by atoms with E-state index < -0.39 is 14.7 Å². The van der Waals surface area contributed by atoms with E-state index in [9.17, 15) is 4.79 Å². The molecular formula is C8H9Cl3O2Ti. The second-order valence-corrected chi connectivity index (χ2v) is 10.00. The topological polar surface area (TPSA) is 26.3 Å². The Morgan fingerprint density at radius 2 is 2.14 bits per heavy atom. The zero-order chi connectivity index (χ0) is 11.0. The van der Waals surface area contributed by atoms with Gasteiger partial charge in [-0.05, 0) is 0 Å². The van der Waals surface area contributed by atoms with E-state index >= 15 is 0 Å². The van der Waals surface area contributed by atoms with Crippen LogP contribution < -0.4 is 0 Å². The van der Waals surface area contributed by atoms with E-state index in [0.29, 0.717) is 6.42 Å². The van der Waals surface area contributed by atoms with Crippen molar-refractivity contribution < 1.29 is 24.2 Å². The third-order valence-corrected chi connectivity index (χ3v) is 1.31. The van der Waals surface area contributed by atoms with E-state index in [1.807, 2.05) is 24.3 Å². The number of carbonyl (C=O) groups is 1. The molecule has 2 nitrogen and oxygen atoms in total. The summed E-state index contributed by atoms with van der Waals surface area (Å²) < 4.78 is 4.48. The molecule has 0 saturated heterocycles. The van der Waals surface area contributed by atoms with E-state index in [-0.39, 0.29) is 5.97 Å².